The Labute approximate surface area is 136 Å². The SMILES string of the molecule is COc1ccc2c(C(C)C)nc(-c3cccc(C#N)c3)cc2c1. The summed E-state index contributed by atoms with van der Waals surface area (Å²) < 4.78 is 5.34. The van der Waals surface area contributed by atoms with Gasteiger partial charge >= 0.3 is 0 Å². The molecule has 0 aliphatic heterocycles. The van der Waals surface area contributed by atoms with E-state index in [9.17, 15) is 0 Å². The van der Waals surface area contributed by atoms with Crippen molar-refractivity contribution in [1.82, 2.24) is 4.98 Å². The van der Waals surface area contributed by atoms with Crippen molar-refractivity contribution in [1.29, 1.82) is 5.26 Å². The Hall–Kier alpha value is -2.86. The predicted molar refractivity (Wildman–Crippen MR) is 92.5 cm³/mol. The summed E-state index contributed by atoms with van der Waals surface area (Å²) in [5, 5.41) is 11.3. The molecule has 0 radical (unpaired) electrons. The fourth-order valence-electron chi connectivity index (χ4n) is 2.73. The molecule has 0 saturated heterocycles. The van der Waals surface area contributed by atoms with E-state index in [1.54, 1.807) is 13.2 Å². The number of nitriles is 1. The van der Waals surface area contributed by atoms with Crippen LogP contribution in [-0.4, -0.2) is 12.1 Å². The fourth-order valence-corrected chi connectivity index (χ4v) is 2.73. The number of pyridine rings is 1. The Kier molecular flexibility index (Phi) is 3.99. The highest BCUT2D eigenvalue weighted by Crippen LogP contribution is 2.31. The molecule has 3 nitrogen and oxygen atoms in total. The number of benzene rings is 2. The molecule has 2 aromatic carbocycles. The molecule has 3 aromatic rings. The van der Waals surface area contributed by atoms with Gasteiger partial charge in [0.1, 0.15) is 5.75 Å². The molecule has 0 spiro atoms. The van der Waals surface area contributed by atoms with Gasteiger partial charge in [0, 0.05) is 10.9 Å². The van der Waals surface area contributed by atoms with Crippen LogP contribution in [0.25, 0.3) is 22.0 Å². The average Bonchev–Trinajstić information content (AvgIpc) is 2.60. The zero-order chi connectivity index (χ0) is 16.4. The van der Waals surface area contributed by atoms with Crippen molar-refractivity contribution in [2.75, 3.05) is 7.11 Å². The van der Waals surface area contributed by atoms with Crippen LogP contribution >= 0.6 is 0 Å². The number of hydrogen-bond acceptors (Lipinski definition) is 3. The summed E-state index contributed by atoms with van der Waals surface area (Å²) in [6, 6.07) is 17.8. The van der Waals surface area contributed by atoms with Crippen molar-refractivity contribution in [3.8, 4) is 23.1 Å². The molecule has 1 aromatic heterocycles. The Morgan fingerprint density at radius 3 is 2.61 bits per heavy atom. The van der Waals surface area contributed by atoms with Gasteiger partial charge in [-0.25, -0.2) is 0 Å². The van der Waals surface area contributed by atoms with E-state index >= 15 is 0 Å². The number of rotatable bonds is 3. The third kappa shape index (κ3) is 2.89. The summed E-state index contributed by atoms with van der Waals surface area (Å²) in [6.45, 7) is 4.28. The second kappa shape index (κ2) is 6.10. The van der Waals surface area contributed by atoms with E-state index in [0.717, 1.165) is 33.5 Å². The second-order valence-corrected chi connectivity index (χ2v) is 5.83. The van der Waals surface area contributed by atoms with Gasteiger partial charge in [0.2, 0.25) is 0 Å². The number of ether oxygens (including phenoxy) is 1. The molecule has 1 heterocycles. The standard InChI is InChI=1S/C20H18N2O/c1-13(2)20-18-8-7-17(23-3)10-16(18)11-19(22-20)15-6-4-5-14(9-15)12-21/h4-11,13H,1-3H3. The van der Waals surface area contributed by atoms with Gasteiger partial charge in [-0.15, -0.1) is 0 Å². The molecule has 3 rings (SSSR count). The van der Waals surface area contributed by atoms with E-state index < -0.39 is 0 Å². The Bertz CT molecular complexity index is 907. The summed E-state index contributed by atoms with van der Waals surface area (Å²) in [4.78, 5) is 4.85. The molecule has 3 heteroatoms. The smallest absolute Gasteiger partial charge is 0.119 e. The second-order valence-electron chi connectivity index (χ2n) is 5.83. The third-order valence-corrected chi connectivity index (χ3v) is 3.90. The van der Waals surface area contributed by atoms with E-state index in [1.165, 1.54) is 0 Å². The topological polar surface area (TPSA) is 45.9 Å². The number of nitrogens with zero attached hydrogens (tertiary/aromatic N) is 2. The molecular weight excluding hydrogens is 284 g/mol. The first-order chi connectivity index (χ1) is 11.1. The first-order valence-electron chi connectivity index (χ1n) is 7.61. The first-order valence-corrected chi connectivity index (χ1v) is 7.61. The van der Waals surface area contributed by atoms with Crippen LogP contribution in [0.5, 0.6) is 5.75 Å². The van der Waals surface area contributed by atoms with E-state index in [2.05, 4.69) is 32.0 Å². The maximum Gasteiger partial charge on any atom is 0.119 e. The highest BCUT2D eigenvalue weighted by molar-refractivity contribution is 5.89. The maximum atomic E-state index is 9.10. The van der Waals surface area contributed by atoms with E-state index in [1.807, 2.05) is 30.3 Å². The van der Waals surface area contributed by atoms with Crippen molar-refractivity contribution < 1.29 is 4.74 Å². The molecule has 0 unspecified atom stereocenters. The monoisotopic (exact) mass is 302 g/mol. The van der Waals surface area contributed by atoms with Crippen LogP contribution in [-0.2, 0) is 0 Å². The molecule has 0 bridgehead atoms. The van der Waals surface area contributed by atoms with Crippen molar-refractivity contribution in [3.63, 3.8) is 0 Å². The van der Waals surface area contributed by atoms with Crippen LogP contribution in [0.3, 0.4) is 0 Å². The average molecular weight is 302 g/mol. The fraction of sp³-hybridized carbons (Fsp3) is 0.200. The van der Waals surface area contributed by atoms with Gasteiger partial charge in [-0.05, 0) is 47.7 Å². The number of fused-ring (bicyclic) bond motifs is 1. The van der Waals surface area contributed by atoms with Crippen molar-refractivity contribution in [3.05, 3.63) is 59.8 Å². The molecule has 0 saturated carbocycles. The van der Waals surface area contributed by atoms with Gasteiger partial charge in [0.15, 0.2) is 0 Å². The highest BCUT2D eigenvalue weighted by Gasteiger charge is 2.12. The molecule has 0 N–H and O–H groups in total. The highest BCUT2D eigenvalue weighted by atomic mass is 16.5. The lowest BCUT2D eigenvalue weighted by Gasteiger charge is -2.13. The van der Waals surface area contributed by atoms with E-state index in [0.29, 0.717) is 11.5 Å². The summed E-state index contributed by atoms with van der Waals surface area (Å²) in [5.41, 5.74) is 3.53. The molecule has 23 heavy (non-hydrogen) atoms. The van der Waals surface area contributed by atoms with Crippen LogP contribution in [0.15, 0.2) is 48.5 Å². The van der Waals surface area contributed by atoms with Gasteiger partial charge in [-0.2, -0.15) is 5.26 Å². The van der Waals surface area contributed by atoms with Gasteiger partial charge in [0.05, 0.1) is 30.1 Å². The van der Waals surface area contributed by atoms with Crippen LogP contribution in [0.2, 0.25) is 0 Å². The number of methoxy groups -OCH3 is 1. The normalized spacial score (nSPS) is 10.7. The molecule has 0 aliphatic carbocycles. The predicted octanol–water partition coefficient (Wildman–Crippen LogP) is 4.91. The zero-order valence-electron chi connectivity index (χ0n) is 13.5. The first kappa shape index (κ1) is 15.1. The van der Waals surface area contributed by atoms with Gasteiger partial charge in [-0.3, -0.25) is 4.98 Å². The zero-order valence-corrected chi connectivity index (χ0v) is 13.5. The minimum atomic E-state index is 0.310. The van der Waals surface area contributed by atoms with Gasteiger partial charge in [-0.1, -0.05) is 26.0 Å². The quantitative estimate of drug-likeness (QED) is 0.691. The Morgan fingerprint density at radius 1 is 1.09 bits per heavy atom. The maximum absolute atomic E-state index is 9.10. The van der Waals surface area contributed by atoms with Crippen molar-refractivity contribution in [2.45, 2.75) is 19.8 Å². The number of hydrogen-bond donors (Lipinski definition) is 0. The van der Waals surface area contributed by atoms with Gasteiger partial charge < -0.3 is 4.74 Å². The minimum absolute atomic E-state index is 0.310. The van der Waals surface area contributed by atoms with Crippen LogP contribution in [0.4, 0.5) is 0 Å². The summed E-state index contributed by atoms with van der Waals surface area (Å²) >= 11 is 0. The van der Waals surface area contributed by atoms with Gasteiger partial charge in [0.25, 0.3) is 0 Å². The largest absolute Gasteiger partial charge is 0.497 e. The van der Waals surface area contributed by atoms with Crippen molar-refractivity contribution >= 4 is 10.8 Å². The third-order valence-electron chi connectivity index (χ3n) is 3.90. The Morgan fingerprint density at radius 2 is 1.91 bits per heavy atom. The molecule has 0 aliphatic rings. The Balaban J connectivity index is 2.26. The summed E-state index contributed by atoms with van der Waals surface area (Å²) in [6.07, 6.45) is 0. The minimum Gasteiger partial charge on any atom is -0.497 e. The molecule has 0 fully saturated rings. The summed E-state index contributed by atoms with van der Waals surface area (Å²) in [5.74, 6) is 1.14. The van der Waals surface area contributed by atoms with E-state index in [-0.39, 0.29) is 0 Å². The van der Waals surface area contributed by atoms with E-state index in [4.69, 9.17) is 15.0 Å². The molecule has 0 amide bonds. The number of aromatic nitrogens is 1. The van der Waals surface area contributed by atoms with Crippen molar-refractivity contribution in [2.24, 2.45) is 0 Å². The molecule has 114 valence electrons. The van der Waals surface area contributed by atoms with Crippen LogP contribution in [0.1, 0.15) is 31.0 Å². The molecule has 0 atom stereocenters. The lowest BCUT2D eigenvalue weighted by molar-refractivity contribution is 0.415. The van der Waals surface area contributed by atoms with Crippen LogP contribution in [0, 0.1) is 11.3 Å². The lowest BCUT2D eigenvalue weighted by atomic mass is 9.99. The molecular formula is C20H18N2O. The summed E-state index contributed by atoms with van der Waals surface area (Å²) in [7, 11) is 1.67. The van der Waals surface area contributed by atoms with Crippen LogP contribution < -0.4 is 4.74 Å². The lowest BCUT2D eigenvalue weighted by Crippen LogP contribution is -1.97.